The van der Waals surface area contributed by atoms with Crippen molar-refractivity contribution >= 4 is 11.1 Å². The van der Waals surface area contributed by atoms with Crippen LogP contribution in [0.25, 0.3) is 11.1 Å². The van der Waals surface area contributed by atoms with Gasteiger partial charge in [-0.1, -0.05) is 111 Å². The molecule has 47 heavy (non-hydrogen) atoms. The summed E-state index contributed by atoms with van der Waals surface area (Å²) in [5, 5.41) is 0. The normalized spacial score (nSPS) is 31.6. The van der Waals surface area contributed by atoms with Crippen molar-refractivity contribution in [1.29, 1.82) is 0 Å². The highest BCUT2D eigenvalue weighted by atomic mass is 15.2. The molecule has 2 heteroatoms. The molecule has 252 valence electrons. The molecule has 0 bridgehead atoms. The van der Waals surface area contributed by atoms with E-state index in [1.165, 1.54) is 73.8 Å². The second kappa shape index (κ2) is 13.0. The van der Waals surface area contributed by atoms with Gasteiger partial charge in [-0.3, -0.25) is 4.90 Å². The quantitative estimate of drug-likeness (QED) is 0.241. The summed E-state index contributed by atoms with van der Waals surface area (Å²) in [5.74, 6) is 0.797. The Bertz CT molecular complexity index is 1530. The minimum atomic E-state index is 0.0161. The molecule has 0 saturated heterocycles. The molecular formula is C45H62N2. The van der Waals surface area contributed by atoms with Crippen molar-refractivity contribution in [2.24, 2.45) is 22.2 Å². The number of nitrogens with zero attached hydrogens (tertiary/aromatic N) is 2. The standard InChI is InChI=1S/C45H62N2/c1-10-33(2)36-17-19-37(20-18-36)40-23-26-43(7)32-47(30-24-41(43)42(40,5)6)35(4)44(38-15-12-11-13-16-38)27-21-39(22-28-44)45(31-34(45)3)25-14-29-46(8)9/h10-13,15-20,23-24,35,39H,3,14,21-22,25-32H2,1-2,4-9H3/b33-10-/t35-,39?,43-,44?,45+/m1/s1. The van der Waals surface area contributed by atoms with E-state index in [1.54, 1.807) is 16.7 Å². The number of benzene rings is 2. The fourth-order valence-electron chi connectivity index (χ4n) is 10.5. The van der Waals surface area contributed by atoms with Gasteiger partial charge in [0.05, 0.1) is 0 Å². The third-order valence-corrected chi connectivity index (χ3v) is 13.6. The van der Waals surface area contributed by atoms with Crippen LogP contribution in [0.5, 0.6) is 0 Å². The first-order valence-corrected chi connectivity index (χ1v) is 18.6. The van der Waals surface area contributed by atoms with Gasteiger partial charge in [0.2, 0.25) is 0 Å². The van der Waals surface area contributed by atoms with E-state index in [9.17, 15) is 0 Å². The summed E-state index contributed by atoms with van der Waals surface area (Å²) in [7, 11) is 4.41. The Morgan fingerprint density at radius 3 is 2.26 bits per heavy atom. The molecule has 1 heterocycles. The molecular weight excluding hydrogens is 569 g/mol. The second-order valence-corrected chi connectivity index (χ2v) is 16.9. The van der Waals surface area contributed by atoms with Crippen molar-refractivity contribution in [2.45, 2.75) is 104 Å². The summed E-state index contributed by atoms with van der Waals surface area (Å²) in [6, 6.07) is 21.4. The number of rotatable bonds is 10. The molecule has 2 nitrogen and oxygen atoms in total. The zero-order valence-electron chi connectivity index (χ0n) is 31.0. The van der Waals surface area contributed by atoms with Gasteiger partial charge in [0.1, 0.15) is 0 Å². The average molecular weight is 631 g/mol. The van der Waals surface area contributed by atoms with Crippen LogP contribution in [0.15, 0.2) is 90.6 Å². The monoisotopic (exact) mass is 630 g/mol. The molecule has 6 rings (SSSR count). The van der Waals surface area contributed by atoms with E-state index in [-0.39, 0.29) is 16.2 Å². The largest absolute Gasteiger partial charge is 0.309 e. The molecule has 2 aromatic carbocycles. The minimum Gasteiger partial charge on any atom is -0.309 e. The highest BCUT2D eigenvalue weighted by molar-refractivity contribution is 5.76. The summed E-state index contributed by atoms with van der Waals surface area (Å²) >= 11 is 0. The topological polar surface area (TPSA) is 6.48 Å². The Morgan fingerprint density at radius 2 is 1.66 bits per heavy atom. The third-order valence-electron chi connectivity index (χ3n) is 13.6. The van der Waals surface area contributed by atoms with E-state index in [1.807, 2.05) is 0 Å². The fourth-order valence-corrected chi connectivity index (χ4v) is 10.5. The van der Waals surface area contributed by atoms with Gasteiger partial charge >= 0.3 is 0 Å². The maximum absolute atomic E-state index is 4.56. The van der Waals surface area contributed by atoms with E-state index in [4.69, 9.17) is 0 Å². The molecule has 0 aromatic heterocycles. The lowest BCUT2D eigenvalue weighted by Gasteiger charge is -2.55. The molecule has 4 aliphatic rings. The lowest BCUT2D eigenvalue weighted by Crippen LogP contribution is -2.56. The number of hydrogen-bond donors (Lipinski definition) is 0. The van der Waals surface area contributed by atoms with Gasteiger partial charge in [-0.15, -0.1) is 0 Å². The van der Waals surface area contributed by atoms with Crippen LogP contribution in [0.3, 0.4) is 0 Å². The molecule has 3 atom stereocenters. The van der Waals surface area contributed by atoms with Crippen molar-refractivity contribution in [3.63, 3.8) is 0 Å². The van der Waals surface area contributed by atoms with E-state index in [0.717, 1.165) is 25.4 Å². The molecule has 0 unspecified atom stereocenters. The summed E-state index contributed by atoms with van der Waals surface area (Å²) in [6.45, 7) is 22.3. The predicted molar refractivity (Wildman–Crippen MR) is 203 cm³/mol. The van der Waals surface area contributed by atoms with E-state index in [0.29, 0.717) is 11.5 Å². The van der Waals surface area contributed by atoms with Crippen LogP contribution in [-0.2, 0) is 5.41 Å². The maximum Gasteiger partial charge on any atom is 0.0169 e. The molecule has 0 spiro atoms. The van der Waals surface area contributed by atoms with Crippen molar-refractivity contribution in [3.8, 4) is 0 Å². The molecule has 2 fully saturated rings. The second-order valence-electron chi connectivity index (χ2n) is 16.9. The minimum absolute atomic E-state index is 0.0161. The van der Waals surface area contributed by atoms with Gasteiger partial charge in [0.25, 0.3) is 0 Å². The molecule has 0 radical (unpaired) electrons. The Hall–Kier alpha value is -2.68. The van der Waals surface area contributed by atoms with E-state index >= 15 is 0 Å². The average Bonchev–Trinajstić information content (AvgIpc) is 3.73. The van der Waals surface area contributed by atoms with E-state index < -0.39 is 0 Å². The van der Waals surface area contributed by atoms with Crippen molar-refractivity contribution in [2.75, 3.05) is 33.7 Å². The summed E-state index contributed by atoms with van der Waals surface area (Å²) in [5.41, 5.74) is 11.0. The van der Waals surface area contributed by atoms with Gasteiger partial charge in [0.15, 0.2) is 0 Å². The zero-order chi connectivity index (χ0) is 33.6. The lowest BCUT2D eigenvalue weighted by atomic mass is 9.57. The Morgan fingerprint density at radius 1 is 1.00 bits per heavy atom. The van der Waals surface area contributed by atoms with Crippen LogP contribution in [-0.4, -0.2) is 49.6 Å². The first-order valence-electron chi connectivity index (χ1n) is 18.6. The van der Waals surface area contributed by atoms with Crippen molar-refractivity contribution in [3.05, 3.63) is 107 Å². The molecule has 1 aliphatic heterocycles. The van der Waals surface area contributed by atoms with Gasteiger partial charge in [-0.25, -0.2) is 0 Å². The van der Waals surface area contributed by atoms with E-state index in [2.05, 4.69) is 145 Å². The van der Waals surface area contributed by atoms with Crippen LogP contribution >= 0.6 is 0 Å². The highest BCUT2D eigenvalue weighted by Crippen LogP contribution is 2.65. The van der Waals surface area contributed by atoms with Crippen LogP contribution in [0.4, 0.5) is 0 Å². The van der Waals surface area contributed by atoms with Gasteiger partial charge in [-0.2, -0.15) is 0 Å². The molecule has 0 amide bonds. The Balaban J connectivity index is 1.22. The van der Waals surface area contributed by atoms with Crippen LogP contribution in [0, 0.1) is 22.2 Å². The summed E-state index contributed by atoms with van der Waals surface area (Å²) < 4.78 is 0. The van der Waals surface area contributed by atoms with Crippen LogP contribution in [0.2, 0.25) is 0 Å². The Labute approximate surface area is 287 Å². The van der Waals surface area contributed by atoms with Crippen LogP contribution in [0.1, 0.15) is 110 Å². The SMILES string of the molecule is C=C1C[C@]1(CCCN(C)C)C1CCC(c2ccccc2)([C@@H](C)N2CC=C3C(C)(C)C(c4ccc(/C(C)=C\C)cc4)=CC[C@]3(C)C2)CC1. The summed E-state index contributed by atoms with van der Waals surface area (Å²) in [6.07, 6.45) is 17.6. The Kier molecular flexibility index (Phi) is 9.44. The zero-order valence-corrected chi connectivity index (χ0v) is 31.0. The number of hydrogen-bond acceptors (Lipinski definition) is 2. The molecule has 3 aliphatic carbocycles. The predicted octanol–water partition coefficient (Wildman–Crippen LogP) is 11.0. The maximum atomic E-state index is 4.56. The number of allylic oxidation sites excluding steroid dienone is 5. The summed E-state index contributed by atoms with van der Waals surface area (Å²) in [4.78, 5) is 5.21. The van der Waals surface area contributed by atoms with Crippen molar-refractivity contribution in [1.82, 2.24) is 9.80 Å². The molecule has 0 N–H and O–H groups in total. The fraction of sp³-hybridized carbons (Fsp3) is 0.556. The smallest absolute Gasteiger partial charge is 0.0169 e. The first kappa shape index (κ1) is 34.2. The molecule has 2 aromatic rings. The molecule has 2 saturated carbocycles. The van der Waals surface area contributed by atoms with Gasteiger partial charge < -0.3 is 4.90 Å². The first-order chi connectivity index (χ1) is 22.4. The lowest BCUT2D eigenvalue weighted by molar-refractivity contribution is 0.0467. The highest BCUT2D eigenvalue weighted by Gasteiger charge is 2.56. The van der Waals surface area contributed by atoms with Gasteiger partial charge in [0, 0.05) is 35.4 Å². The van der Waals surface area contributed by atoms with Crippen molar-refractivity contribution < 1.29 is 0 Å². The van der Waals surface area contributed by atoms with Crippen LogP contribution < -0.4 is 0 Å². The number of fused-ring (bicyclic) bond motifs is 1. The third kappa shape index (κ3) is 6.19. The van der Waals surface area contributed by atoms with Gasteiger partial charge in [-0.05, 0) is 132 Å².